The number of carbonyl (C=O) groups is 1. The van der Waals surface area contributed by atoms with E-state index >= 15 is 0 Å². The standard InChI is InChI=1S/C19H17ClN4O2/c1-26-17-5-3-2-4-15(17)23-18(25)16-10-11-21-19(24-16)22-12-13-6-8-14(20)9-7-13/h2-11H,12H2,1H3,(H,23,25)(H,21,22,24). The number of aromatic nitrogens is 2. The Kier molecular flexibility index (Phi) is 5.66. The number of para-hydroxylation sites is 2. The molecule has 0 aliphatic rings. The van der Waals surface area contributed by atoms with Crippen molar-refractivity contribution in [3.8, 4) is 5.75 Å². The van der Waals surface area contributed by atoms with Crippen molar-refractivity contribution in [2.45, 2.75) is 6.54 Å². The van der Waals surface area contributed by atoms with Crippen LogP contribution in [0.4, 0.5) is 11.6 Å². The van der Waals surface area contributed by atoms with Crippen LogP contribution in [0.1, 0.15) is 16.1 Å². The summed E-state index contributed by atoms with van der Waals surface area (Å²) in [6, 6.07) is 16.2. The van der Waals surface area contributed by atoms with Crippen molar-refractivity contribution < 1.29 is 9.53 Å². The van der Waals surface area contributed by atoms with Gasteiger partial charge in [0, 0.05) is 17.8 Å². The first-order chi connectivity index (χ1) is 12.7. The molecular weight excluding hydrogens is 352 g/mol. The fraction of sp³-hybridized carbons (Fsp3) is 0.105. The second-order valence-corrected chi connectivity index (χ2v) is 5.84. The average Bonchev–Trinajstić information content (AvgIpc) is 2.68. The number of carbonyl (C=O) groups excluding carboxylic acids is 1. The Morgan fingerprint density at radius 2 is 1.88 bits per heavy atom. The summed E-state index contributed by atoms with van der Waals surface area (Å²) in [5, 5.41) is 6.56. The maximum absolute atomic E-state index is 12.4. The minimum Gasteiger partial charge on any atom is -0.495 e. The fourth-order valence-corrected chi connectivity index (χ4v) is 2.41. The van der Waals surface area contributed by atoms with Gasteiger partial charge in [-0.05, 0) is 35.9 Å². The van der Waals surface area contributed by atoms with Crippen LogP contribution in [-0.4, -0.2) is 23.0 Å². The van der Waals surface area contributed by atoms with Gasteiger partial charge in [0.25, 0.3) is 5.91 Å². The molecule has 6 nitrogen and oxygen atoms in total. The predicted molar refractivity (Wildman–Crippen MR) is 102 cm³/mol. The van der Waals surface area contributed by atoms with Gasteiger partial charge in [0.1, 0.15) is 11.4 Å². The van der Waals surface area contributed by atoms with Crippen LogP contribution < -0.4 is 15.4 Å². The first kappa shape index (κ1) is 17.7. The summed E-state index contributed by atoms with van der Waals surface area (Å²) >= 11 is 5.87. The number of ether oxygens (including phenoxy) is 1. The molecule has 0 saturated heterocycles. The zero-order valence-electron chi connectivity index (χ0n) is 14.1. The number of benzene rings is 2. The van der Waals surface area contributed by atoms with Crippen molar-refractivity contribution in [3.63, 3.8) is 0 Å². The second kappa shape index (κ2) is 8.31. The zero-order chi connectivity index (χ0) is 18.4. The number of amides is 1. The molecular formula is C19H17ClN4O2. The van der Waals surface area contributed by atoms with E-state index in [2.05, 4.69) is 20.6 Å². The molecule has 1 aromatic heterocycles. The first-order valence-electron chi connectivity index (χ1n) is 7.91. The smallest absolute Gasteiger partial charge is 0.274 e. The van der Waals surface area contributed by atoms with Crippen LogP contribution in [0.2, 0.25) is 5.02 Å². The van der Waals surface area contributed by atoms with E-state index < -0.39 is 0 Å². The zero-order valence-corrected chi connectivity index (χ0v) is 14.8. The van der Waals surface area contributed by atoms with Gasteiger partial charge in [-0.3, -0.25) is 4.79 Å². The third kappa shape index (κ3) is 4.49. The number of hydrogen-bond acceptors (Lipinski definition) is 5. The molecule has 0 bridgehead atoms. The molecule has 0 spiro atoms. The monoisotopic (exact) mass is 368 g/mol. The Bertz CT molecular complexity index is 900. The Labute approximate surface area is 156 Å². The molecule has 3 aromatic rings. The lowest BCUT2D eigenvalue weighted by molar-refractivity contribution is 0.102. The highest BCUT2D eigenvalue weighted by Crippen LogP contribution is 2.23. The molecule has 132 valence electrons. The molecule has 26 heavy (non-hydrogen) atoms. The molecule has 3 rings (SSSR count). The summed E-state index contributed by atoms with van der Waals surface area (Å²) in [6.45, 7) is 0.523. The third-order valence-corrected chi connectivity index (χ3v) is 3.86. The van der Waals surface area contributed by atoms with E-state index in [-0.39, 0.29) is 11.6 Å². The van der Waals surface area contributed by atoms with Gasteiger partial charge in [0.05, 0.1) is 12.8 Å². The number of rotatable bonds is 6. The number of hydrogen-bond donors (Lipinski definition) is 2. The van der Waals surface area contributed by atoms with Crippen LogP contribution in [-0.2, 0) is 6.54 Å². The van der Waals surface area contributed by atoms with Gasteiger partial charge in [-0.1, -0.05) is 35.9 Å². The highest BCUT2D eigenvalue weighted by molar-refractivity contribution is 6.30. The van der Waals surface area contributed by atoms with E-state index in [1.165, 1.54) is 6.20 Å². The van der Waals surface area contributed by atoms with Gasteiger partial charge in [-0.25, -0.2) is 9.97 Å². The number of anilines is 2. The Balaban J connectivity index is 1.68. The van der Waals surface area contributed by atoms with Crippen molar-refractivity contribution in [1.29, 1.82) is 0 Å². The van der Waals surface area contributed by atoms with Crippen LogP contribution >= 0.6 is 11.6 Å². The molecule has 0 fully saturated rings. The highest BCUT2D eigenvalue weighted by atomic mass is 35.5. The summed E-state index contributed by atoms with van der Waals surface area (Å²) in [6.07, 6.45) is 1.54. The van der Waals surface area contributed by atoms with Gasteiger partial charge in [-0.2, -0.15) is 0 Å². The number of nitrogens with one attached hydrogen (secondary N) is 2. The van der Waals surface area contributed by atoms with Crippen molar-refractivity contribution in [2.75, 3.05) is 17.7 Å². The van der Waals surface area contributed by atoms with E-state index in [9.17, 15) is 4.79 Å². The van der Waals surface area contributed by atoms with Crippen molar-refractivity contribution in [2.24, 2.45) is 0 Å². The Morgan fingerprint density at radius 3 is 2.65 bits per heavy atom. The normalized spacial score (nSPS) is 10.2. The van der Waals surface area contributed by atoms with Gasteiger partial charge >= 0.3 is 0 Å². The molecule has 2 N–H and O–H groups in total. The van der Waals surface area contributed by atoms with Crippen molar-refractivity contribution in [3.05, 3.63) is 77.1 Å². The largest absolute Gasteiger partial charge is 0.495 e. The lowest BCUT2D eigenvalue weighted by Crippen LogP contribution is -2.15. The summed E-state index contributed by atoms with van der Waals surface area (Å²) < 4.78 is 5.23. The Morgan fingerprint density at radius 1 is 1.12 bits per heavy atom. The minimum absolute atomic E-state index is 0.254. The summed E-state index contributed by atoms with van der Waals surface area (Å²) in [7, 11) is 1.55. The summed E-state index contributed by atoms with van der Waals surface area (Å²) in [5.74, 6) is 0.607. The summed E-state index contributed by atoms with van der Waals surface area (Å²) in [5.41, 5.74) is 1.86. The second-order valence-electron chi connectivity index (χ2n) is 5.40. The van der Waals surface area contributed by atoms with Crippen LogP contribution in [0, 0.1) is 0 Å². The quantitative estimate of drug-likeness (QED) is 0.687. The number of nitrogens with zero attached hydrogens (tertiary/aromatic N) is 2. The van der Waals surface area contributed by atoms with E-state index in [0.29, 0.717) is 29.0 Å². The molecule has 1 heterocycles. The molecule has 0 aliphatic carbocycles. The molecule has 0 saturated carbocycles. The van der Waals surface area contributed by atoms with Gasteiger partial charge in [0.2, 0.25) is 5.95 Å². The van der Waals surface area contributed by atoms with Gasteiger partial charge in [-0.15, -0.1) is 0 Å². The lowest BCUT2D eigenvalue weighted by Gasteiger charge is -2.10. The minimum atomic E-state index is -0.341. The molecule has 0 radical (unpaired) electrons. The number of methoxy groups -OCH3 is 1. The van der Waals surface area contributed by atoms with E-state index in [1.54, 1.807) is 25.3 Å². The molecule has 0 unspecified atom stereocenters. The van der Waals surface area contributed by atoms with E-state index in [1.807, 2.05) is 36.4 Å². The lowest BCUT2D eigenvalue weighted by atomic mass is 10.2. The average molecular weight is 369 g/mol. The van der Waals surface area contributed by atoms with Crippen LogP contribution in [0.15, 0.2) is 60.8 Å². The third-order valence-electron chi connectivity index (χ3n) is 3.61. The topological polar surface area (TPSA) is 76.1 Å². The van der Waals surface area contributed by atoms with E-state index in [4.69, 9.17) is 16.3 Å². The van der Waals surface area contributed by atoms with E-state index in [0.717, 1.165) is 5.56 Å². The van der Waals surface area contributed by atoms with Crippen LogP contribution in [0.3, 0.4) is 0 Å². The van der Waals surface area contributed by atoms with Gasteiger partial charge in [0.15, 0.2) is 0 Å². The molecule has 2 aromatic carbocycles. The number of halogens is 1. The predicted octanol–water partition coefficient (Wildman–Crippen LogP) is 4.00. The van der Waals surface area contributed by atoms with Crippen molar-refractivity contribution in [1.82, 2.24) is 9.97 Å². The highest BCUT2D eigenvalue weighted by Gasteiger charge is 2.11. The van der Waals surface area contributed by atoms with Crippen LogP contribution in [0.5, 0.6) is 5.75 Å². The summed E-state index contributed by atoms with van der Waals surface area (Å²) in [4.78, 5) is 20.8. The maximum Gasteiger partial charge on any atom is 0.274 e. The molecule has 1 amide bonds. The molecule has 0 aliphatic heterocycles. The SMILES string of the molecule is COc1ccccc1NC(=O)c1ccnc(NCc2ccc(Cl)cc2)n1. The fourth-order valence-electron chi connectivity index (χ4n) is 2.29. The van der Waals surface area contributed by atoms with Crippen LogP contribution in [0.25, 0.3) is 0 Å². The Hall–Kier alpha value is -3.12. The molecule has 0 atom stereocenters. The first-order valence-corrected chi connectivity index (χ1v) is 8.29. The van der Waals surface area contributed by atoms with Crippen molar-refractivity contribution >= 4 is 29.1 Å². The van der Waals surface area contributed by atoms with Gasteiger partial charge < -0.3 is 15.4 Å². The molecule has 7 heteroatoms. The maximum atomic E-state index is 12.4.